The SMILES string of the molecule is O=C(CCC(=O)N1CCc2[nH]c3ccccc3c2C1)NCCc1ccccc1. The number of carbonyl (C=O) groups excluding carboxylic acids is 2. The first-order valence-electron chi connectivity index (χ1n) is 9.87. The smallest absolute Gasteiger partial charge is 0.223 e. The first kappa shape index (κ1) is 18.3. The normalized spacial score (nSPS) is 13.4. The minimum absolute atomic E-state index is 0.0501. The Morgan fingerprint density at radius 1 is 1.00 bits per heavy atom. The summed E-state index contributed by atoms with van der Waals surface area (Å²) in [6, 6.07) is 18.3. The Morgan fingerprint density at radius 2 is 1.79 bits per heavy atom. The van der Waals surface area contributed by atoms with Crippen LogP contribution in [0.2, 0.25) is 0 Å². The second-order valence-corrected chi connectivity index (χ2v) is 7.28. The van der Waals surface area contributed by atoms with Crippen LogP contribution in [-0.2, 0) is 29.0 Å². The summed E-state index contributed by atoms with van der Waals surface area (Å²) in [5.41, 5.74) is 4.76. The monoisotopic (exact) mass is 375 g/mol. The molecule has 0 unspecified atom stereocenters. The van der Waals surface area contributed by atoms with Gasteiger partial charge in [-0.25, -0.2) is 0 Å². The second-order valence-electron chi connectivity index (χ2n) is 7.28. The van der Waals surface area contributed by atoms with Crippen molar-refractivity contribution < 1.29 is 9.59 Å². The average Bonchev–Trinajstić information content (AvgIpc) is 3.10. The van der Waals surface area contributed by atoms with E-state index < -0.39 is 0 Å². The van der Waals surface area contributed by atoms with Gasteiger partial charge in [-0.05, 0) is 18.1 Å². The number of hydrogen-bond acceptors (Lipinski definition) is 2. The third kappa shape index (κ3) is 4.09. The number of aromatic nitrogens is 1. The van der Waals surface area contributed by atoms with Gasteiger partial charge >= 0.3 is 0 Å². The Balaban J connectivity index is 1.26. The minimum atomic E-state index is -0.0610. The molecule has 1 aromatic heterocycles. The zero-order chi connectivity index (χ0) is 19.3. The molecule has 28 heavy (non-hydrogen) atoms. The van der Waals surface area contributed by atoms with Crippen molar-refractivity contribution in [1.29, 1.82) is 0 Å². The molecule has 1 aliphatic heterocycles. The standard InChI is InChI=1S/C23H25N3O2/c27-22(24-14-12-17-6-2-1-3-7-17)10-11-23(28)26-15-13-21-19(16-26)18-8-4-5-9-20(18)25-21/h1-9,25H,10-16H2,(H,24,27). The number of benzene rings is 2. The van der Waals surface area contributed by atoms with E-state index in [-0.39, 0.29) is 24.7 Å². The van der Waals surface area contributed by atoms with Gasteiger partial charge in [0.25, 0.3) is 0 Å². The Morgan fingerprint density at radius 3 is 2.64 bits per heavy atom. The molecule has 5 nitrogen and oxygen atoms in total. The van der Waals surface area contributed by atoms with Crippen molar-refractivity contribution in [3.8, 4) is 0 Å². The van der Waals surface area contributed by atoms with Crippen LogP contribution in [0.25, 0.3) is 10.9 Å². The van der Waals surface area contributed by atoms with E-state index in [9.17, 15) is 9.59 Å². The van der Waals surface area contributed by atoms with Crippen LogP contribution in [0.5, 0.6) is 0 Å². The van der Waals surface area contributed by atoms with Gasteiger partial charge in [-0.1, -0.05) is 48.5 Å². The van der Waals surface area contributed by atoms with E-state index in [1.165, 1.54) is 22.2 Å². The van der Waals surface area contributed by atoms with E-state index in [4.69, 9.17) is 0 Å². The summed E-state index contributed by atoms with van der Waals surface area (Å²) >= 11 is 0. The van der Waals surface area contributed by atoms with Crippen molar-refractivity contribution in [2.24, 2.45) is 0 Å². The highest BCUT2D eigenvalue weighted by atomic mass is 16.2. The van der Waals surface area contributed by atoms with Crippen LogP contribution in [-0.4, -0.2) is 34.8 Å². The third-order valence-electron chi connectivity index (χ3n) is 5.38. The molecule has 2 amide bonds. The number of H-pyrrole nitrogens is 1. The van der Waals surface area contributed by atoms with Crippen LogP contribution in [0.4, 0.5) is 0 Å². The highest BCUT2D eigenvalue weighted by Crippen LogP contribution is 2.27. The molecular weight excluding hydrogens is 350 g/mol. The molecule has 2 N–H and O–H groups in total. The predicted molar refractivity (Wildman–Crippen MR) is 110 cm³/mol. The lowest BCUT2D eigenvalue weighted by molar-refractivity contribution is -0.134. The van der Waals surface area contributed by atoms with Gasteiger partial charge in [-0.2, -0.15) is 0 Å². The maximum absolute atomic E-state index is 12.6. The molecule has 0 spiro atoms. The number of nitrogens with zero attached hydrogens (tertiary/aromatic N) is 1. The quantitative estimate of drug-likeness (QED) is 0.695. The van der Waals surface area contributed by atoms with Crippen molar-refractivity contribution in [2.45, 2.75) is 32.2 Å². The highest BCUT2D eigenvalue weighted by molar-refractivity contribution is 5.87. The summed E-state index contributed by atoms with van der Waals surface area (Å²) in [5.74, 6) is -0.0109. The van der Waals surface area contributed by atoms with Crippen LogP contribution in [0.3, 0.4) is 0 Å². The fourth-order valence-corrected chi connectivity index (χ4v) is 3.84. The van der Waals surface area contributed by atoms with Gasteiger partial charge in [0.15, 0.2) is 0 Å². The molecule has 5 heteroatoms. The van der Waals surface area contributed by atoms with Gasteiger partial charge in [-0.3, -0.25) is 9.59 Å². The van der Waals surface area contributed by atoms with Crippen LogP contribution in [0.15, 0.2) is 54.6 Å². The minimum Gasteiger partial charge on any atom is -0.358 e. The lowest BCUT2D eigenvalue weighted by atomic mass is 10.0. The Hall–Kier alpha value is -3.08. The van der Waals surface area contributed by atoms with Gasteiger partial charge < -0.3 is 15.2 Å². The molecule has 1 aliphatic rings. The third-order valence-corrected chi connectivity index (χ3v) is 5.38. The second kappa shape index (κ2) is 8.30. The number of rotatable bonds is 6. The van der Waals surface area contributed by atoms with Crippen molar-refractivity contribution in [3.63, 3.8) is 0 Å². The first-order chi connectivity index (χ1) is 13.7. The lowest BCUT2D eigenvalue weighted by Crippen LogP contribution is -2.36. The number of fused-ring (bicyclic) bond motifs is 3. The van der Waals surface area contributed by atoms with Gasteiger partial charge in [0.1, 0.15) is 0 Å². The largest absolute Gasteiger partial charge is 0.358 e. The summed E-state index contributed by atoms with van der Waals surface area (Å²) in [7, 11) is 0. The molecule has 2 aromatic carbocycles. The van der Waals surface area contributed by atoms with Crippen LogP contribution >= 0.6 is 0 Å². The predicted octanol–water partition coefficient (Wildman–Crippen LogP) is 3.19. The lowest BCUT2D eigenvalue weighted by Gasteiger charge is -2.27. The van der Waals surface area contributed by atoms with Crippen LogP contribution < -0.4 is 5.32 Å². The molecule has 2 heterocycles. The van der Waals surface area contributed by atoms with Crippen LogP contribution in [0.1, 0.15) is 29.7 Å². The number of hydrogen-bond donors (Lipinski definition) is 2. The number of carbonyl (C=O) groups is 2. The Labute approximate surface area is 164 Å². The van der Waals surface area contributed by atoms with E-state index in [0.717, 1.165) is 18.4 Å². The van der Waals surface area contributed by atoms with Gasteiger partial charge in [-0.15, -0.1) is 0 Å². The molecule has 4 rings (SSSR count). The summed E-state index contributed by atoms with van der Waals surface area (Å²) in [4.78, 5) is 30.0. The zero-order valence-electron chi connectivity index (χ0n) is 15.9. The van der Waals surface area contributed by atoms with Crippen molar-refractivity contribution in [1.82, 2.24) is 15.2 Å². The first-order valence-corrected chi connectivity index (χ1v) is 9.87. The molecule has 0 fully saturated rings. The van der Waals surface area contributed by atoms with E-state index in [0.29, 0.717) is 19.6 Å². The molecule has 3 aromatic rings. The topological polar surface area (TPSA) is 65.2 Å². The van der Waals surface area contributed by atoms with E-state index in [2.05, 4.69) is 22.4 Å². The maximum atomic E-state index is 12.6. The van der Waals surface area contributed by atoms with Crippen molar-refractivity contribution in [3.05, 3.63) is 71.4 Å². The van der Waals surface area contributed by atoms with Gasteiger partial charge in [0.05, 0.1) is 0 Å². The molecule has 0 bridgehead atoms. The van der Waals surface area contributed by atoms with Crippen molar-refractivity contribution >= 4 is 22.7 Å². The molecule has 0 radical (unpaired) electrons. The Bertz CT molecular complexity index is 978. The van der Waals surface area contributed by atoms with Gasteiger partial charge in [0.2, 0.25) is 11.8 Å². The zero-order valence-corrected chi connectivity index (χ0v) is 15.9. The maximum Gasteiger partial charge on any atom is 0.223 e. The molecule has 0 aliphatic carbocycles. The molecule has 0 atom stereocenters. The van der Waals surface area contributed by atoms with E-state index in [1.54, 1.807) is 0 Å². The number of aromatic amines is 1. The summed E-state index contributed by atoms with van der Waals surface area (Å²) in [5, 5.41) is 4.10. The van der Waals surface area contributed by atoms with Gasteiger partial charge in [0, 0.05) is 61.1 Å². The molecule has 144 valence electrons. The fourth-order valence-electron chi connectivity index (χ4n) is 3.84. The molecule has 0 saturated heterocycles. The van der Waals surface area contributed by atoms with E-state index >= 15 is 0 Å². The van der Waals surface area contributed by atoms with E-state index in [1.807, 2.05) is 47.4 Å². The number of amides is 2. The van der Waals surface area contributed by atoms with Crippen LogP contribution in [0, 0.1) is 0 Å². The summed E-state index contributed by atoms with van der Waals surface area (Å²) in [6.07, 6.45) is 2.13. The van der Waals surface area contributed by atoms with Crippen molar-refractivity contribution in [2.75, 3.05) is 13.1 Å². The fraction of sp³-hybridized carbons (Fsp3) is 0.304. The summed E-state index contributed by atoms with van der Waals surface area (Å²) < 4.78 is 0. The number of para-hydroxylation sites is 1. The highest BCUT2D eigenvalue weighted by Gasteiger charge is 2.24. The summed E-state index contributed by atoms with van der Waals surface area (Å²) in [6.45, 7) is 1.92. The number of nitrogens with one attached hydrogen (secondary N) is 2. The Kier molecular flexibility index (Phi) is 5.42. The average molecular weight is 375 g/mol. The molecular formula is C23H25N3O2. The molecule has 0 saturated carbocycles.